The number of rotatable bonds is 3. The highest BCUT2D eigenvalue weighted by Crippen LogP contribution is 2.55. The van der Waals surface area contributed by atoms with Crippen LogP contribution in [0.2, 0.25) is 0 Å². The lowest BCUT2D eigenvalue weighted by Crippen LogP contribution is -2.50. The number of benzene rings is 1. The number of carboxylic acid groups (broad SMARTS) is 1. The van der Waals surface area contributed by atoms with E-state index in [1.807, 2.05) is 30.3 Å². The van der Waals surface area contributed by atoms with Crippen molar-refractivity contribution < 1.29 is 19.4 Å². The fraction of sp³-hybridized carbons (Fsp3) is 0.500. The molecule has 3 rings (SSSR count). The van der Waals surface area contributed by atoms with Gasteiger partial charge in [-0.15, -0.1) is 0 Å². The van der Waals surface area contributed by atoms with Gasteiger partial charge in [0.2, 0.25) is 0 Å². The first-order valence-corrected chi connectivity index (χ1v) is 7.30. The molecule has 1 saturated heterocycles. The van der Waals surface area contributed by atoms with Crippen LogP contribution in [0.15, 0.2) is 30.3 Å². The molecule has 1 atom stereocenters. The summed E-state index contributed by atoms with van der Waals surface area (Å²) in [7, 11) is 0. The molecule has 0 bridgehead atoms. The SMILES string of the molecule is O=C(OCc1ccccc1)[C@@H]1CC2(CCN1C(=O)O)CC2. The van der Waals surface area contributed by atoms with Crippen LogP contribution in [0.3, 0.4) is 0 Å². The number of carbonyl (C=O) groups excluding carboxylic acids is 1. The fourth-order valence-corrected chi connectivity index (χ4v) is 3.03. The molecule has 0 radical (unpaired) electrons. The largest absolute Gasteiger partial charge is 0.465 e. The van der Waals surface area contributed by atoms with Gasteiger partial charge >= 0.3 is 12.1 Å². The van der Waals surface area contributed by atoms with Gasteiger partial charge < -0.3 is 9.84 Å². The van der Waals surface area contributed by atoms with Crippen LogP contribution in [-0.2, 0) is 16.1 Å². The summed E-state index contributed by atoms with van der Waals surface area (Å²) in [4.78, 5) is 24.8. The molecule has 21 heavy (non-hydrogen) atoms. The van der Waals surface area contributed by atoms with Gasteiger partial charge in [-0.05, 0) is 36.7 Å². The van der Waals surface area contributed by atoms with E-state index in [4.69, 9.17) is 4.74 Å². The summed E-state index contributed by atoms with van der Waals surface area (Å²) >= 11 is 0. The lowest BCUT2D eigenvalue weighted by Gasteiger charge is -2.36. The van der Waals surface area contributed by atoms with Crippen LogP contribution in [0.1, 0.15) is 31.2 Å². The molecule has 1 heterocycles. The van der Waals surface area contributed by atoms with Gasteiger partial charge in [0.05, 0.1) is 0 Å². The van der Waals surface area contributed by atoms with Gasteiger partial charge in [-0.2, -0.15) is 0 Å². The quantitative estimate of drug-likeness (QED) is 0.869. The lowest BCUT2D eigenvalue weighted by molar-refractivity contribution is -0.153. The number of nitrogens with zero attached hydrogens (tertiary/aromatic N) is 1. The summed E-state index contributed by atoms with van der Waals surface area (Å²) in [5.41, 5.74) is 1.10. The molecule has 1 spiro atoms. The first-order chi connectivity index (χ1) is 10.1. The van der Waals surface area contributed by atoms with E-state index < -0.39 is 18.1 Å². The van der Waals surface area contributed by atoms with Crippen LogP contribution in [-0.4, -0.2) is 34.7 Å². The number of piperidine rings is 1. The van der Waals surface area contributed by atoms with Crippen molar-refractivity contribution in [1.29, 1.82) is 0 Å². The second-order valence-electron chi connectivity index (χ2n) is 6.04. The number of carbonyl (C=O) groups is 2. The highest BCUT2D eigenvalue weighted by molar-refractivity contribution is 5.81. The summed E-state index contributed by atoms with van der Waals surface area (Å²) in [6.45, 7) is 0.622. The van der Waals surface area contributed by atoms with Gasteiger partial charge in [0, 0.05) is 6.54 Å². The van der Waals surface area contributed by atoms with E-state index in [9.17, 15) is 14.7 Å². The highest BCUT2D eigenvalue weighted by Gasteiger charge is 2.51. The molecule has 1 aromatic rings. The van der Waals surface area contributed by atoms with Crippen LogP contribution in [0.5, 0.6) is 0 Å². The Bertz CT molecular complexity index is 538. The third kappa shape index (κ3) is 3.01. The molecule has 1 aliphatic carbocycles. The van der Waals surface area contributed by atoms with Crippen LogP contribution in [0.4, 0.5) is 4.79 Å². The van der Waals surface area contributed by atoms with Gasteiger partial charge in [0.15, 0.2) is 0 Å². The number of amides is 1. The summed E-state index contributed by atoms with van der Waals surface area (Å²) in [6.07, 6.45) is 2.63. The van der Waals surface area contributed by atoms with Crippen LogP contribution in [0, 0.1) is 5.41 Å². The minimum absolute atomic E-state index is 0.191. The average Bonchev–Trinajstić information content (AvgIpc) is 3.24. The number of hydrogen-bond donors (Lipinski definition) is 1. The van der Waals surface area contributed by atoms with Gasteiger partial charge in [-0.3, -0.25) is 4.90 Å². The molecular weight excluding hydrogens is 270 g/mol. The molecule has 1 aliphatic heterocycles. The molecule has 0 aromatic heterocycles. The number of hydrogen-bond acceptors (Lipinski definition) is 3. The van der Waals surface area contributed by atoms with Gasteiger partial charge in [-0.25, -0.2) is 9.59 Å². The van der Waals surface area contributed by atoms with Crippen molar-refractivity contribution in [3.05, 3.63) is 35.9 Å². The normalized spacial score (nSPS) is 22.9. The predicted octanol–water partition coefficient (Wildman–Crippen LogP) is 2.65. The predicted molar refractivity (Wildman–Crippen MR) is 75.7 cm³/mol. The minimum atomic E-state index is -1.04. The maximum Gasteiger partial charge on any atom is 0.408 e. The molecule has 1 aromatic carbocycles. The highest BCUT2D eigenvalue weighted by atomic mass is 16.5. The van der Waals surface area contributed by atoms with E-state index in [0.29, 0.717) is 13.0 Å². The van der Waals surface area contributed by atoms with Crippen molar-refractivity contribution in [2.24, 2.45) is 5.41 Å². The van der Waals surface area contributed by atoms with Crippen molar-refractivity contribution in [3.8, 4) is 0 Å². The zero-order chi connectivity index (χ0) is 14.9. The van der Waals surface area contributed by atoms with Crippen LogP contribution >= 0.6 is 0 Å². The van der Waals surface area contributed by atoms with Crippen LogP contribution in [0.25, 0.3) is 0 Å². The maximum atomic E-state index is 12.3. The summed E-state index contributed by atoms with van der Waals surface area (Å²) < 4.78 is 5.33. The Kier molecular flexibility index (Phi) is 3.57. The van der Waals surface area contributed by atoms with Gasteiger partial charge in [0.25, 0.3) is 0 Å². The lowest BCUT2D eigenvalue weighted by atomic mass is 9.88. The molecule has 0 unspecified atom stereocenters. The van der Waals surface area contributed by atoms with E-state index >= 15 is 0 Å². The number of likely N-dealkylation sites (tertiary alicyclic amines) is 1. The Morgan fingerprint density at radius 2 is 1.95 bits per heavy atom. The second-order valence-corrected chi connectivity index (χ2v) is 6.04. The molecule has 5 nitrogen and oxygen atoms in total. The molecule has 1 N–H and O–H groups in total. The zero-order valence-electron chi connectivity index (χ0n) is 11.8. The standard InChI is InChI=1S/C16H19NO4/c18-14(21-11-12-4-2-1-3-5-12)13-10-16(6-7-16)8-9-17(13)15(19)20/h1-5,13H,6-11H2,(H,19,20)/t13-/m0/s1. The zero-order valence-corrected chi connectivity index (χ0v) is 11.8. The maximum absolute atomic E-state index is 12.3. The monoisotopic (exact) mass is 289 g/mol. The first kappa shape index (κ1) is 13.9. The van der Waals surface area contributed by atoms with Gasteiger partial charge in [-0.1, -0.05) is 30.3 Å². The van der Waals surface area contributed by atoms with Crippen molar-refractivity contribution >= 4 is 12.1 Å². The van der Waals surface area contributed by atoms with Crippen molar-refractivity contribution in [2.45, 2.75) is 38.3 Å². The molecular formula is C16H19NO4. The average molecular weight is 289 g/mol. The van der Waals surface area contributed by atoms with Gasteiger partial charge in [0.1, 0.15) is 12.6 Å². The molecule has 5 heteroatoms. The van der Waals surface area contributed by atoms with Crippen LogP contribution < -0.4 is 0 Å². The summed E-state index contributed by atoms with van der Waals surface area (Å²) in [5, 5.41) is 9.25. The Hall–Kier alpha value is -2.04. The summed E-state index contributed by atoms with van der Waals surface area (Å²) in [6, 6.07) is 8.77. The van der Waals surface area contributed by atoms with E-state index in [0.717, 1.165) is 24.8 Å². The Morgan fingerprint density at radius 1 is 1.24 bits per heavy atom. The summed E-state index contributed by atoms with van der Waals surface area (Å²) in [5.74, 6) is -0.424. The van der Waals surface area contributed by atoms with Crippen molar-refractivity contribution in [1.82, 2.24) is 4.90 Å². The minimum Gasteiger partial charge on any atom is -0.465 e. The smallest absolute Gasteiger partial charge is 0.408 e. The molecule has 1 saturated carbocycles. The van der Waals surface area contributed by atoms with E-state index in [-0.39, 0.29) is 12.0 Å². The second kappa shape index (κ2) is 5.39. The van der Waals surface area contributed by atoms with E-state index in [1.165, 1.54) is 4.90 Å². The van der Waals surface area contributed by atoms with Crippen molar-refractivity contribution in [3.63, 3.8) is 0 Å². The third-order valence-corrected chi connectivity index (χ3v) is 4.58. The Labute approximate surface area is 123 Å². The topological polar surface area (TPSA) is 66.8 Å². The Morgan fingerprint density at radius 3 is 2.57 bits per heavy atom. The van der Waals surface area contributed by atoms with E-state index in [2.05, 4.69) is 0 Å². The molecule has 112 valence electrons. The third-order valence-electron chi connectivity index (χ3n) is 4.58. The molecule has 2 aliphatic rings. The number of ether oxygens (including phenoxy) is 1. The molecule has 1 amide bonds. The number of esters is 1. The van der Waals surface area contributed by atoms with Crippen molar-refractivity contribution in [2.75, 3.05) is 6.54 Å². The van der Waals surface area contributed by atoms with E-state index in [1.54, 1.807) is 0 Å². The molecule has 2 fully saturated rings. The fourth-order valence-electron chi connectivity index (χ4n) is 3.03. The Balaban J connectivity index is 1.64. The first-order valence-electron chi connectivity index (χ1n) is 7.30.